The van der Waals surface area contributed by atoms with E-state index >= 15 is 0 Å². The lowest BCUT2D eigenvalue weighted by Crippen LogP contribution is -2.28. The minimum atomic E-state index is 0.161. The average Bonchev–Trinajstić information content (AvgIpc) is 1.90. The maximum absolute atomic E-state index is 5.08. The smallest absolute Gasteiger partial charge is 0.0926 e. The molecular weight excluding hydrogens is 184 g/mol. The SMILES string of the molecule is COC(C)C(CBr)OC. The Kier molecular flexibility index (Phi) is 5.44. The van der Waals surface area contributed by atoms with Crippen molar-refractivity contribution in [1.29, 1.82) is 0 Å². The summed E-state index contributed by atoms with van der Waals surface area (Å²) < 4.78 is 10.1. The lowest BCUT2D eigenvalue weighted by Gasteiger charge is -2.18. The third kappa shape index (κ3) is 3.18. The first-order valence-electron chi connectivity index (χ1n) is 2.87. The van der Waals surface area contributed by atoms with Crippen LogP contribution < -0.4 is 0 Å². The molecule has 0 aromatic heterocycles. The van der Waals surface area contributed by atoms with Crippen LogP contribution in [-0.4, -0.2) is 31.8 Å². The van der Waals surface area contributed by atoms with Crippen LogP contribution in [0, 0.1) is 0 Å². The summed E-state index contributed by atoms with van der Waals surface area (Å²) in [5.74, 6) is 0. The van der Waals surface area contributed by atoms with Gasteiger partial charge in [-0.25, -0.2) is 0 Å². The first-order chi connectivity index (χ1) is 4.26. The third-order valence-electron chi connectivity index (χ3n) is 1.35. The van der Waals surface area contributed by atoms with Crippen LogP contribution >= 0.6 is 15.9 Å². The average molecular weight is 197 g/mol. The summed E-state index contributed by atoms with van der Waals surface area (Å²) >= 11 is 3.31. The van der Waals surface area contributed by atoms with Crippen LogP contribution in [-0.2, 0) is 9.47 Å². The Morgan fingerprint density at radius 2 is 1.89 bits per heavy atom. The summed E-state index contributed by atoms with van der Waals surface area (Å²) in [5.41, 5.74) is 0. The quantitative estimate of drug-likeness (QED) is 0.634. The van der Waals surface area contributed by atoms with E-state index in [1.54, 1.807) is 14.2 Å². The second-order valence-corrected chi connectivity index (χ2v) is 2.52. The molecule has 0 fully saturated rings. The van der Waals surface area contributed by atoms with E-state index in [4.69, 9.17) is 9.47 Å². The Labute approximate surface area is 64.7 Å². The molecule has 0 aliphatic carbocycles. The molecule has 3 heteroatoms. The van der Waals surface area contributed by atoms with Crippen molar-refractivity contribution in [3.05, 3.63) is 0 Å². The lowest BCUT2D eigenvalue weighted by atomic mass is 10.2. The molecule has 0 saturated heterocycles. The second-order valence-electron chi connectivity index (χ2n) is 1.87. The van der Waals surface area contributed by atoms with E-state index in [1.165, 1.54) is 0 Å². The monoisotopic (exact) mass is 196 g/mol. The highest BCUT2D eigenvalue weighted by atomic mass is 79.9. The van der Waals surface area contributed by atoms with Crippen molar-refractivity contribution in [2.45, 2.75) is 19.1 Å². The van der Waals surface area contributed by atoms with Crippen molar-refractivity contribution in [2.75, 3.05) is 19.5 Å². The van der Waals surface area contributed by atoms with Gasteiger partial charge in [0, 0.05) is 19.5 Å². The zero-order valence-corrected chi connectivity index (χ0v) is 7.64. The van der Waals surface area contributed by atoms with E-state index in [0.29, 0.717) is 0 Å². The highest BCUT2D eigenvalue weighted by molar-refractivity contribution is 9.09. The molecule has 9 heavy (non-hydrogen) atoms. The number of methoxy groups -OCH3 is 2. The molecule has 0 radical (unpaired) electrons. The summed E-state index contributed by atoms with van der Waals surface area (Å²) in [7, 11) is 3.36. The maximum Gasteiger partial charge on any atom is 0.0926 e. The maximum atomic E-state index is 5.08. The molecule has 0 aliphatic rings. The van der Waals surface area contributed by atoms with Crippen molar-refractivity contribution in [3.63, 3.8) is 0 Å². The van der Waals surface area contributed by atoms with Crippen LogP contribution in [0.25, 0.3) is 0 Å². The van der Waals surface area contributed by atoms with Crippen LogP contribution in [0.2, 0.25) is 0 Å². The van der Waals surface area contributed by atoms with Gasteiger partial charge in [-0.2, -0.15) is 0 Å². The molecule has 0 heterocycles. The van der Waals surface area contributed by atoms with Gasteiger partial charge in [-0.3, -0.25) is 0 Å². The van der Waals surface area contributed by atoms with Gasteiger partial charge in [0.25, 0.3) is 0 Å². The number of hydrogen-bond donors (Lipinski definition) is 0. The van der Waals surface area contributed by atoms with Crippen LogP contribution in [0.15, 0.2) is 0 Å². The van der Waals surface area contributed by atoms with Gasteiger partial charge in [0.05, 0.1) is 12.2 Å². The van der Waals surface area contributed by atoms with E-state index in [2.05, 4.69) is 15.9 Å². The predicted molar refractivity (Wildman–Crippen MR) is 41.1 cm³/mol. The predicted octanol–water partition coefficient (Wildman–Crippen LogP) is 1.43. The van der Waals surface area contributed by atoms with E-state index in [0.717, 1.165) is 5.33 Å². The van der Waals surface area contributed by atoms with Gasteiger partial charge in [0.1, 0.15) is 0 Å². The Morgan fingerprint density at radius 1 is 1.33 bits per heavy atom. The number of alkyl halides is 1. The van der Waals surface area contributed by atoms with Gasteiger partial charge in [-0.1, -0.05) is 15.9 Å². The van der Waals surface area contributed by atoms with Gasteiger partial charge in [-0.05, 0) is 6.92 Å². The molecule has 0 aromatic rings. The molecule has 0 aliphatic heterocycles. The molecular formula is C6H13BrO2. The summed E-state index contributed by atoms with van der Waals surface area (Å²) in [6, 6.07) is 0. The Bertz CT molecular complexity index is 64.1. The van der Waals surface area contributed by atoms with E-state index < -0.39 is 0 Å². The van der Waals surface area contributed by atoms with E-state index in [9.17, 15) is 0 Å². The number of ether oxygens (including phenoxy) is 2. The molecule has 56 valence electrons. The molecule has 2 atom stereocenters. The van der Waals surface area contributed by atoms with Crippen LogP contribution in [0.5, 0.6) is 0 Å². The third-order valence-corrected chi connectivity index (χ3v) is 1.99. The van der Waals surface area contributed by atoms with Crippen molar-refractivity contribution in [3.8, 4) is 0 Å². The summed E-state index contributed by atoms with van der Waals surface area (Å²) in [4.78, 5) is 0. The molecule has 2 nitrogen and oxygen atoms in total. The fourth-order valence-corrected chi connectivity index (χ4v) is 1.32. The van der Waals surface area contributed by atoms with Crippen molar-refractivity contribution < 1.29 is 9.47 Å². The molecule has 0 N–H and O–H groups in total. The van der Waals surface area contributed by atoms with Crippen molar-refractivity contribution >= 4 is 15.9 Å². The molecule has 0 amide bonds. The zero-order chi connectivity index (χ0) is 7.28. The fraction of sp³-hybridized carbons (Fsp3) is 1.00. The Morgan fingerprint density at radius 3 is 2.00 bits per heavy atom. The number of rotatable bonds is 4. The zero-order valence-electron chi connectivity index (χ0n) is 6.06. The Balaban J connectivity index is 3.50. The normalized spacial score (nSPS) is 17.3. The van der Waals surface area contributed by atoms with Gasteiger partial charge in [0.2, 0.25) is 0 Å². The summed E-state index contributed by atoms with van der Waals surface area (Å²) in [5, 5.41) is 0.818. The molecule has 0 rings (SSSR count). The van der Waals surface area contributed by atoms with Crippen LogP contribution in [0.1, 0.15) is 6.92 Å². The van der Waals surface area contributed by atoms with Crippen LogP contribution in [0.4, 0.5) is 0 Å². The molecule has 0 saturated carbocycles. The second kappa shape index (κ2) is 5.21. The molecule has 0 bridgehead atoms. The first-order valence-corrected chi connectivity index (χ1v) is 4.00. The summed E-state index contributed by atoms with van der Waals surface area (Å²) in [6.07, 6.45) is 0.323. The van der Waals surface area contributed by atoms with Gasteiger partial charge < -0.3 is 9.47 Å². The van der Waals surface area contributed by atoms with Gasteiger partial charge in [-0.15, -0.1) is 0 Å². The fourth-order valence-electron chi connectivity index (χ4n) is 0.532. The van der Waals surface area contributed by atoms with Gasteiger partial charge >= 0.3 is 0 Å². The standard InChI is InChI=1S/C6H13BrO2/c1-5(8-2)6(4-7)9-3/h5-6H,4H2,1-3H3. The first kappa shape index (κ1) is 9.40. The summed E-state index contributed by atoms with van der Waals surface area (Å²) in [6.45, 7) is 1.98. The number of halogens is 1. The molecule has 2 unspecified atom stereocenters. The van der Waals surface area contributed by atoms with Crippen LogP contribution in [0.3, 0.4) is 0 Å². The van der Waals surface area contributed by atoms with Gasteiger partial charge in [0.15, 0.2) is 0 Å². The Hall–Kier alpha value is 0.400. The van der Waals surface area contributed by atoms with E-state index in [-0.39, 0.29) is 12.2 Å². The highest BCUT2D eigenvalue weighted by Gasteiger charge is 2.13. The molecule has 0 spiro atoms. The topological polar surface area (TPSA) is 18.5 Å². The molecule has 0 aromatic carbocycles. The largest absolute Gasteiger partial charge is 0.379 e. The minimum absolute atomic E-state index is 0.161. The highest BCUT2D eigenvalue weighted by Crippen LogP contribution is 2.03. The van der Waals surface area contributed by atoms with Crippen molar-refractivity contribution in [2.24, 2.45) is 0 Å². The lowest BCUT2D eigenvalue weighted by molar-refractivity contribution is -0.0125. The van der Waals surface area contributed by atoms with E-state index in [1.807, 2.05) is 6.92 Å². The van der Waals surface area contributed by atoms with Crippen molar-refractivity contribution in [1.82, 2.24) is 0 Å². The number of hydrogen-bond acceptors (Lipinski definition) is 2. The minimum Gasteiger partial charge on any atom is -0.379 e.